The van der Waals surface area contributed by atoms with E-state index in [-0.39, 0.29) is 4.90 Å². The molecule has 0 aliphatic carbocycles. The van der Waals surface area contributed by atoms with Crippen LogP contribution in [-0.2, 0) is 9.05 Å². The Morgan fingerprint density at radius 1 is 1.33 bits per heavy atom. The van der Waals surface area contributed by atoms with Gasteiger partial charge in [0.05, 0.1) is 10.6 Å². The molecule has 0 bridgehead atoms. The zero-order valence-electron chi connectivity index (χ0n) is 7.41. The minimum absolute atomic E-state index is 0.0390. The van der Waals surface area contributed by atoms with Gasteiger partial charge in [-0.1, -0.05) is 6.07 Å². The maximum absolute atomic E-state index is 11.1. The van der Waals surface area contributed by atoms with Crippen LogP contribution in [0.5, 0.6) is 0 Å². The summed E-state index contributed by atoms with van der Waals surface area (Å²) in [6.45, 7) is 0. The molecule has 7 heteroatoms. The van der Waals surface area contributed by atoms with E-state index in [2.05, 4.69) is 10.1 Å². The SMILES string of the molecule is O=S(=O)(Cl)c1cccc(-n2cncn2)c1. The van der Waals surface area contributed by atoms with Crippen molar-refractivity contribution in [2.45, 2.75) is 4.90 Å². The summed E-state index contributed by atoms with van der Waals surface area (Å²) in [6, 6.07) is 6.15. The van der Waals surface area contributed by atoms with E-state index in [9.17, 15) is 8.42 Å². The summed E-state index contributed by atoms with van der Waals surface area (Å²) in [6.07, 6.45) is 2.84. The van der Waals surface area contributed by atoms with Crippen LogP contribution in [0.15, 0.2) is 41.8 Å². The van der Waals surface area contributed by atoms with Crippen molar-refractivity contribution < 1.29 is 8.42 Å². The van der Waals surface area contributed by atoms with Crippen molar-refractivity contribution in [1.82, 2.24) is 14.8 Å². The molecule has 2 aromatic rings. The maximum atomic E-state index is 11.1. The third-order valence-electron chi connectivity index (χ3n) is 1.78. The third kappa shape index (κ3) is 2.16. The Morgan fingerprint density at radius 3 is 2.73 bits per heavy atom. The van der Waals surface area contributed by atoms with Gasteiger partial charge in [-0.2, -0.15) is 5.10 Å². The number of hydrogen-bond donors (Lipinski definition) is 0. The summed E-state index contributed by atoms with van der Waals surface area (Å²) in [5, 5.41) is 3.88. The van der Waals surface area contributed by atoms with E-state index >= 15 is 0 Å². The molecule has 0 amide bonds. The molecule has 78 valence electrons. The number of nitrogens with zero attached hydrogens (tertiary/aromatic N) is 3. The monoisotopic (exact) mass is 243 g/mol. The first kappa shape index (κ1) is 10.1. The molecule has 0 saturated heterocycles. The molecule has 0 fully saturated rings. The van der Waals surface area contributed by atoms with Crippen molar-refractivity contribution in [1.29, 1.82) is 0 Å². The first-order valence-electron chi connectivity index (χ1n) is 3.97. The fraction of sp³-hybridized carbons (Fsp3) is 0. The van der Waals surface area contributed by atoms with Crippen LogP contribution in [0, 0.1) is 0 Å². The second-order valence-electron chi connectivity index (χ2n) is 2.78. The lowest BCUT2D eigenvalue weighted by Gasteiger charge is -2.01. The van der Waals surface area contributed by atoms with Gasteiger partial charge in [0.1, 0.15) is 12.7 Å². The van der Waals surface area contributed by atoms with Gasteiger partial charge in [0, 0.05) is 10.7 Å². The number of aromatic nitrogens is 3. The van der Waals surface area contributed by atoms with Gasteiger partial charge in [-0.3, -0.25) is 0 Å². The fourth-order valence-electron chi connectivity index (χ4n) is 1.12. The number of benzene rings is 1. The summed E-state index contributed by atoms with van der Waals surface area (Å²) < 4.78 is 23.6. The molecular formula is C8H6ClN3O2S. The summed E-state index contributed by atoms with van der Waals surface area (Å²) in [4.78, 5) is 3.80. The van der Waals surface area contributed by atoms with E-state index in [1.807, 2.05) is 0 Å². The van der Waals surface area contributed by atoms with Crippen molar-refractivity contribution in [2.75, 3.05) is 0 Å². The van der Waals surface area contributed by atoms with Crippen molar-refractivity contribution in [3.63, 3.8) is 0 Å². The van der Waals surface area contributed by atoms with Gasteiger partial charge in [-0.15, -0.1) is 0 Å². The standard InChI is InChI=1S/C8H6ClN3O2S/c9-15(13,14)8-3-1-2-7(4-8)12-6-10-5-11-12/h1-6H. The van der Waals surface area contributed by atoms with E-state index < -0.39 is 9.05 Å². The Morgan fingerprint density at radius 2 is 2.13 bits per heavy atom. The highest BCUT2D eigenvalue weighted by Gasteiger charge is 2.10. The molecule has 0 atom stereocenters. The van der Waals surface area contributed by atoms with E-state index in [1.165, 1.54) is 29.5 Å². The van der Waals surface area contributed by atoms with Gasteiger partial charge in [0.25, 0.3) is 9.05 Å². The predicted molar refractivity (Wildman–Crippen MR) is 54.4 cm³/mol. The molecule has 0 spiro atoms. The number of halogens is 1. The molecular weight excluding hydrogens is 238 g/mol. The quantitative estimate of drug-likeness (QED) is 0.744. The highest BCUT2D eigenvalue weighted by atomic mass is 35.7. The highest BCUT2D eigenvalue weighted by molar-refractivity contribution is 8.13. The van der Waals surface area contributed by atoms with E-state index in [1.54, 1.807) is 12.1 Å². The van der Waals surface area contributed by atoms with Gasteiger partial charge in [0.2, 0.25) is 0 Å². The highest BCUT2D eigenvalue weighted by Crippen LogP contribution is 2.17. The Kier molecular flexibility index (Phi) is 2.45. The van der Waals surface area contributed by atoms with Gasteiger partial charge in [0.15, 0.2) is 0 Å². The van der Waals surface area contributed by atoms with Crippen LogP contribution in [0.4, 0.5) is 0 Å². The van der Waals surface area contributed by atoms with Crippen molar-refractivity contribution in [3.8, 4) is 5.69 Å². The van der Waals surface area contributed by atoms with Gasteiger partial charge >= 0.3 is 0 Å². The molecule has 0 saturated carbocycles. The molecule has 0 aliphatic heterocycles. The van der Waals surface area contributed by atoms with E-state index in [0.29, 0.717) is 5.69 Å². The zero-order chi connectivity index (χ0) is 10.9. The lowest BCUT2D eigenvalue weighted by atomic mass is 10.3. The lowest BCUT2D eigenvalue weighted by Crippen LogP contribution is -1.97. The normalized spacial score (nSPS) is 11.5. The van der Waals surface area contributed by atoms with E-state index in [0.717, 1.165) is 0 Å². The molecule has 1 aromatic heterocycles. The maximum Gasteiger partial charge on any atom is 0.261 e. The Balaban J connectivity index is 2.53. The predicted octanol–water partition coefficient (Wildman–Crippen LogP) is 1.19. The molecule has 0 aliphatic rings. The van der Waals surface area contributed by atoms with Gasteiger partial charge < -0.3 is 0 Å². The largest absolute Gasteiger partial charge is 0.261 e. The topological polar surface area (TPSA) is 64.8 Å². The lowest BCUT2D eigenvalue weighted by molar-refractivity contribution is 0.609. The van der Waals surface area contributed by atoms with Crippen LogP contribution < -0.4 is 0 Å². The average molecular weight is 244 g/mol. The molecule has 15 heavy (non-hydrogen) atoms. The number of rotatable bonds is 2. The van der Waals surface area contributed by atoms with Crippen LogP contribution >= 0.6 is 10.7 Å². The van der Waals surface area contributed by atoms with Crippen molar-refractivity contribution in [2.24, 2.45) is 0 Å². The molecule has 0 radical (unpaired) electrons. The Bertz CT molecular complexity index is 565. The molecule has 5 nitrogen and oxygen atoms in total. The third-order valence-corrected chi connectivity index (χ3v) is 3.13. The van der Waals surface area contributed by atoms with Crippen molar-refractivity contribution in [3.05, 3.63) is 36.9 Å². The molecule has 1 aromatic carbocycles. The number of hydrogen-bond acceptors (Lipinski definition) is 4. The van der Waals surface area contributed by atoms with Crippen LogP contribution in [0.1, 0.15) is 0 Å². The average Bonchev–Trinajstić information content (AvgIpc) is 2.69. The van der Waals surface area contributed by atoms with Crippen LogP contribution in [0.25, 0.3) is 5.69 Å². The molecule has 0 unspecified atom stereocenters. The van der Waals surface area contributed by atoms with Crippen LogP contribution in [0.3, 0.4) is 0 Å². The Labute approximate surface area is 90.7 Å². The van der Waals surface area contributed by atoms with Gasteiger partial charge in [-0.25, -0.2) is 18.1 Å². The van der Waals surface area contributed by atoms with Crippen LogP contribution in [-0.4, -0.2) is 23.2 Å². The summed E-state index contributed by atoms with van der Waals surface area (Å²) in [7, 11) is 1.51. The van der Waals surface area contributed by atoms with Crippen molar-refractivity contribution >= 4 is 19.7 Å². The summed E-state index contributed by atoms with van der Waals surface area (Å²) in [5.74, 6) is 0. The Hall–Kier alpha value is -1.40. The second kappa shape index (κ2) is 3.63. The first-order chi connectivity index (χ1) is 7.07. The molecule has 1 heterocycles. The smallest absolute Gasteiger partial charge is 0.223 e. The second-order valence-corrected chi connectivity index (χ2v) is 5.34. The van der Waals surface area contributed by atoms with Gasteiger partial charge in [-0.05, 0) is 18.2 Å². The molecule has 0 N–H and O–H groups in total. The minimum atomic E-state index is -3.71. The first-order valence-corrected chi connectivity index (χ1v) is 6.28. The van der Waals surface area contributed by atoms with E-state index in [4.69, 9.17) is 10.7 Å². The summed E-state index contributed by atoms with van der Waals surface area (Å²) in [5.41, 5.74) is 0.592. The molecule has 2 rings (SSSR count). The van der Waals surface area contributed by atoms with Crippen LogP contribution in [0.2, 0.25) is 0 Å². The summed E-state index contributed by atoms with van der Waals surface area (Å²) >= 11 is 0. The fourth-order valence-corrected chi connectivity index (χ4v) is 1.91. The zero-order valence-corrected chi connectivity index (χ0v) is 8.98. The minimum Gasteiger partial charge on any atom is -0.223 e.